The van der Waals surface area contributed by atoms with Crippen LogP contribution in [0.1, 0.15) is 19.3 Å². The zero-order chi connectivity index (χ0) is 13.6. The van der Waals surface area contributed by atoms with Gasteiger partial charge in [0.25, 0.3) is 0 Å². The van der Waals surface area contributed by atoms with Crippen molar-refractivity contribution in [3.05, 3.63) is 0 Å². The van der Waals surface area contributed by atoms with Gasteiger partial charge >= 0.3 is 5.97 Å². The maximum atomic E-state index is 12.0. The van der Waals surface area contributed by atoms with Crippen molar-refractivity contribution in [1.82, 2.24) is 0 Å². The lowest BCUT2D eigenvalue weighted by Crippen LogP contribution is -2.32. The van der Waals surface area contributed by atoms with Crippen molar-refractivity contribution in [2.24, 2.45) is 0 Å². The second-order valence-electron chi connectivity index (χ2n) is 4.60. The van der Waals surface area contributed by atoms with Crippen LogP contribution in [-0.2, 0) is 9.53 Å². The van der Waals surface area contributed by atoms with Crippen LogP contribution in [-0.4, -0.2) is 56.0 Å². The first kappa shape index (κ1) is 16.2. The van der Waals surface area contributed by atoms with Gasteiger partial charge in [-0.05, 0) is 35.9 Å². The van der Waals surface area contributed by atoms with Gasteiger partial charge in [-0.15, -0.1) is 23.5 Å². The van der Waals surface area contributed by atoms with Gasteiger partial charge < -0.3 is 9.84 Å². The van der Waals surface area contributed by atoms with E-state index in [1.54, 1.807) is 23.5 Å². The van der Waals surface area contributed by atoms with E-state index < -0.39 is 4.93 Å². The van der Waals surface area contributed by atoms with Gasteiger partial charge in [0.15, 0.2) is 5.44 Å². The Morgan fingerprint density at radius 2 is 2.00 bits per heavy atom. The molecular weight excluding hydrogens is 320 g/mol. The average molecular weight is 341 g/mol. The fourth-order valence-electron chi connectivity index (χ4n) is 1.88. The fourth-order valence-corrected chi connectivity index (χ4v) is 6.83. The van der Waals surface area contributed by atoms with Crippen LogP contribution in [0, 0.1) is 0 Å². The van der Waals surface area contributed by atoms with Crippen molar-refractivity contribution in [3.8, 4) is 0 Å². The zero-order valence-corrected chi connectivity index (χ0v) is 14.1. The van der Waals surface area contributed by atoms with Crippen LogP contribution >= 0.6 is 47.0 Å². The molecule has 3 nitrogen and oxygen atoms in total. The minimum atomic E-state index is -0.930. The molecule has 2 saturated heterocycles. The Balaban J connectivity index is 1.78. The first-order valence-corrected chi connectivity index (χ1v) is 10.9. The summed E-state index contributed by atoms with van der Waals surface area (Å²) in [6.07, 6.45) is 2.40. The third kappa shape index (κ3) is 5.99. The largest absolute Gasteiger partial charge is 0.450 e. The van der Waals surface area contributed by atoms with Gasteiger partial charge in [-0.25, -0.2) is 0 Å². The van der Waals surface area contributed by atoms with Crippen LogP contribution in [0.3, 0.4) is 0 Å². The lowest BCUT2D eigenvalue weighted by atomic mass is 10.3. The molecule has 2 heterocycles. The van der Waals surface area contributed by atoms with Crippen molar-refractivity contribution in [2.45, 2.75) is 29.6 Å². The third-order valence-electron chi connectivity index (χ3n) is 2.81. The lowest BCUT2D eigenvalue weighted by molar-refractivity contribution is -0.146. The lowest BCUT2D eigenvalue weighted by Gasteiger charge is -2.25. The molecule has 2 aliphatic rings. The highest BCUT2D eigenvalue weighted by Crippen LogP contribution is 2.35. The topological polar surface area (TPSA) is 46.5 Å². The molecule has 0 bridgehead atoms. The van der Waals surface area contributed by atoms with Crippen LogP contribution in [0.2, 0.25) is 0 Å². The van der Waals surface area contributed by atoms with Crippen molar-refractivity contribution in [3.63, 3.8) is 0 Å². The van der Waals surface area contributed by atoms with Crippen LogP contribution < -0.4 is 0 Å². The number of hydrogen-bond acceptors (Lipinski definition) is 7. The standard InChI is InChI=1S/C12H20O3S4/c13-10(15-11-8-16-3-1-5-18-11)7-12(14)9-17-4-2-6-19-12/h11,14H,1-9H2. The number of esters is 1. The molecule has 110 valence electrons. The summed E-state index contributed by atoms with van der Waals surface area (Å²) >= 11 is 6.79. The van der Waals surface area contributed by atoms with Crippen LogP contribution in [0.5, 0.6) is 0 Å². The van der Waals surface area contributed by atoms with Gasteiger partial charge in [-0.3, -0.25) is 4.79 Å². The molecule has 2 aliphatic heterocycles. The van der Waals surface area contributed by atoms with E-state index in [0.717, 1.165) is 35.2 Å². The molecule has 0 aromatic heterocycles. The van der Waals surface area contributed by atoms with E-state index in [4.69, 9.17) is 4.74 Å². The summed E-state index contributed by atoms with van der Waals surface area (Å²) < 4.78 is 5.50. The molecule has 19 heavy (non-hydrogen) atoms. The van der Waals surface area contributed by atoms with Gasteiger partial charge in [0, 0.05) is 11.5 Å². The monoisotopic (exact) mass is 340 g/mol. The molecule has 0 radical (unpaired) electrons. The first-order chi connectivity index (χ1) is 9.18. The maximum Gasteiger partial charge on any atom is 0.310 e. The van der Waals surface area contributed by atoms with E-state index >= 15 is 0 Å². The molecule has 2 atom stereocenters. The van der Waals surface area contributed by atoms with E-state index in [-0.39, 0.29) is 17.8 Å². The van der Waals surface area contributed by atoms with Crippen LogP contribution in [0.4, 0.5) is 0 Å². The van der Waals surface area contributed by atoms with E-state index in [9.17, 15) is 9.90 Å². The van der Waals surface area contributed by atoms with Crippen molar-refractivity contribution in [2.75, 3.05) is 34.5 Å². The highest BCUT2D eigenvalue weighted by molar-refractivity contribution is 8.04. The maximum absolute atomic E-state index is 12.0. The Morgan fingerprint density at radius 1 is 1.21 bits per heavy atom. The number of thioether (sulfide) groups is 4. The summed E-state index contributed by atoms with van der Waals surface area (Å²) in [4.78, 5) is 11.1. The van der Waals surface area contributed by atoms with E-state index in [1.807, 2.05) is 11.8 Å². The molecule has 7 heteroatoms. The second-order valence-corrected chi connectivity index (χ2v) is 9.58. The molecule has 0 aromatic rings. The van der Waals surface area contributed by atoms with Gasteiger partial charge in [-0.2, -0.15) is 23.5 Å². The number of ether oxygens (including phenoxy) is 1. The number of carbonyl (C=O) groups excluding carboxylic acids is 1. The average Bonchev–Trinajstić information content (AvgIpc) is 2.72. The Bertz CT molecular complexity index is 285. The zero-order valence-electron chi connectivity index (χ0n) is 10.8. The van der Waals surface area contributed by atoms with Crippen LogP contribution in [0.15, 0.2) is 0 Å². The van der Waals surface area contributed by atoms with Crippen molar-refractivity contribution in [1.29, 1.82) is 0 Å². The van der Waals surface area contributed by atoms with Crippen LogP contribution in [0.25, 0.3) is 0 Å². The van der Waals surface area contributed by atoms with Gasteiger partial charge in [0.1, 0.15) is 4.93 Å². The first-order valence-electron chi connectivity index (χ1n) is 6.51. The number of aliphatic hydroxyl groups is 1. The smallest absolute Gasteiger partial charge is 0.310 e. The van der Waals surface area contributed by atoms with E-state index in [2.05, 4.69) is 0 Å². The van der Waals surface area contributed by atoms with Gasteiger partial charge in [-0.1, -0.05) is 0 Å². The quantitative estimate of drug-likeness (QED) is 0.793. The number of hydrogen-bond donors (Lipinski definition) is 1. The Hall–Kier alpha value is 0.830. The summed E-state index contributed by atoms with van der Waals surface area (Å²) in [5, 5.41) is 10.4. The highest BCUT2D eigenvalue weighted by Gasteiger charge is 2.33. The normalized spacial score (nSPS) is 33.2. The molecule has 2 unspecified atom stereocenters. The molecule has 0 spiro atoms. The summed E-state index contributed by atoms with van der Waals surface area (Å²) in [6.45, 7) is 0. The Kier molecular flexibility index (Phi) is 7.09. The molecule has 2 fully saturated rings. The minimum absolute atomic E-state index is 0.0352. The molecule has 0 aromatic carbocycles. The van der Waals surface area contributed by atoms with Gasteiger partial charge in [0.05, 0.1) is 6.42 Å². The van der Waals surface area contributed by atoms with Crippen molar-refractivity contribution >= 4 is 53.0 Å². The fraction of sp³-hybridized carbons (Fsp3) is 0.917. The Morgan fingerprint density at radius 3 is 2.89 bits per heavy atom. The summed E-state index contributed by atoms with van der Waals surface area (Å²) in [6, 6.07) is 0. The molecule has 1 N–H and O–H groups in total. The summed E-state index contributed by atoms with van der Waals surface area (Å²) in [7, 11) is 0. The molecule has 0 aliphatic carbocycles. The summed E-state index contributed by atoms with van der Waals surface area (Å²) in [5.74, 6) is 5.44. The Labute approximate surface area is 131 Å². The molecule has 0 saturated carbocycles. The number of carbonyl (C=O) groups is 1. The van der Waals surface area contributed by atoms with E-state index in [1.165, 1.54) is 18.2 Å². The highest BCUT2D eigenvalue weighted by atomic mass is 32.2. The SMILES string of the molecule is O=C(CC1(O)CSCCCS1)OC1CSCCCS1. The molecule has 2 rings (SSSR count). The predicted molar refractivity (Wildman–Crippen MR) is 88.2 cm³/mol. The van der Waals surface area contributed by atoms with Gasteiger partial charge in [0.2, 0.25) is 0 Å². The summed E-state index contributed by atoms with van der Waals surface area (Å²) in [5.41, 5.74) is -0.0352. The minimum Gasteiger partial charge on any atom is -0.450 e. The number of rotatable bonds is 3. The predicted octanol–water partition coefficient (Wildman–Crippen LogP) is 2.67. The third-order valence-corrected chi connectivity index (χ3v) is 8.05. The van der Waals surface area contributed by atoms with E-state index in [0.29, 0.717) is 5.75 Å². The second kappa shape index (κ2) is 8.32. The van der Waals surface area contributed by atoms with Crippen molar-refractivity contribution < 1.29 is 14.6 Å². The molecular formula is C12H20O3S4. The molecule has 0 amide bonds.